The number of ketones is 1. The fourth-order valence-corrected chi connectivity index (χ4v) is 1.84. The number of hydrogen-bond donors (Lipinski definition) is 0. The monoisotopic (exact) mass is 286 g/mol. The first kappa shape index (κ1) is 15.1. The lowest BCUT2D eigenvalue weighted by Crippen LogP contribution is -2.04. The van der Waals surface area contributed by atoms with Gasteiger partial charge in [0, 0.05) is 5.56 Å². The number of hydrogen-bond acceptors (Lipinski definition) is 4. The first-order valence-corrected chi connectivity index (χ1v) is 6.64. The second-order valence-corrected chi connectivity index (χ2v) is 4.52. The van der Waals surface area contributed by atoms with E-state index in [1.807, 2.05) is 30.3 Å². The summed E-state index contributed by atoms with van der Waals surface area (Å²) in [4.78, 5) is 11.3. The van der Waals surface area contributed by atoms with Crippen molar-refractivity contribution in [1.29, 1.82) is 0 Å². The highest BCUT2D eigenvalue weighted by Gasteiger charge is 2.08. The highest BCUT2D eigenvalue weighted by Crippen LogP contribution is 2.28. The Hall–Kier alpha value is -2.33. The molecule has 0 fully saturated rings. The van der Waals surface area contributed by atoms with E-state index in [2.05, 4.69) is 0 Å². The van der Waals surface area contributed by atoms with Gasteiger partial charge in [0.15, 0.2) is 24.1 Å². The van der Waals surface area contributed by atoms with Gasteiger partial charge in [0.1, 0.15) is 0 Å². The molecule has 4 nitrogen and oxygen atoms in total. The normalized spacial score (nSPS) is 10.2. The fraction of sp³-hybridized carbons (Fsp3) is 0.235. The van der Waals surface area contributed by atoms with Crippen molar-refractivity contribution in [3.8, 4) is 11.5 Å². The molecule has 110 valence electrons. The molecule has 2 aromatic rings. The first-order chi connectivity index (χ1) is 10.2. The second kappa shape index (κ2) is 7.45. The lowest BCUT2D eigenvalue weighted by molar-refractivity contribution is 0.00376. The van der Waals surface area contributed by atoms with Gasteiger partial charge in [-0.3, -0.25) is 4.79 Å². The molecule has 0 radical (unpaired) electrons. The van der Waals surface area contributed by atoms with E-state index in [1.165, 1.54) is 14.0 Å². The van der Waals surface area contributed by atoms with Crippen LogP contribution < -0.4 is 9.47 Å². The van der Waals surface area contributed by atoms with E-state index in [-0.39, 0.29) is 12.6 Å². The lowest BCUT2D eigenvalue weighted by Gasteiger charge is -2.11. The van der Waals surface area contributed by atoms with E-state index >= 15 is 0 Å². The zero-order valence-corrected chi connectivity index (χ0v) is 12.2. The Morgan fingerprint density at radius 1 is 1.05 bits per heavy atom. The summed E-state index contributed by atoms with van der Waals surface area (Å²) >= 11 is 0. The molecular formula is C17H18O4. The molecule has 0 heterocycles. The van der Waals surface area contributed by atoms with E-state index in [1.54, 1.807) is 18.2 Å². The van der Waals surface area contributed by atoms with Crippen LogP contribution >= 0.6 is 0 Å². The summed E-state index contributed by atoms with van der Waals surface area (Å²) < 4.78 is 16.2. The summed E-state index contributed by atoms with van der Waals surface area (Å²) in [5.74, 6) is 1.06. The van der Waals surface area contributed by atoms with E-state index in [0.29, 0.717) is 23.7 Å². The van der Waals surface area contributed by atoms with Crippen molar-refractivity contribution < 1.29 is 19.0 Å². The van der Waals surface area contributed by atoms with E-state index in [0.717, 1.165) is 5.56 Å². The maximum absolute atomic E-state index is 11.3. The fourth-order valence-electron chi connectivity index (χ4n) is 1.84. The zero-order valence-electron chi connectivity index (χ0n) is 12.2. The summed E-state index contributed by atoms with van der Waals surface area (Å²) in [6.45, 7) is 2.11. The van der Waals surface area contributed by atoms with E-state index < -0.39 is 0 Å². The Kier molecular flexibility index (Phi) is 5.35. The van der Waals surface area contributed by atoms with Crippen LogP contribution in [0.4, 0.5) is 0 Å². The van der Waals surface area contributed by atoms with Crippen LogP contribution in [0.5, 0.6) is 11.5 Å². The summed E-state index contributed by atoms with van der Waals surface area (Å²) in [5, 5.41) is 0. The first-order valence-electron chi connectivity index (χ1n) is 6.64. The van der Waals surface area contributed by atoms with Crippen LogP contribution in [-0.4, -0.2) is 19.7 Å². The number of methoxy groups -OCH3 is 1. The lowest BCUT2D eigenvalue weighted by atomic mass is 10.1. The molecule has 21 heavy (non-hydrogen) atoms. The Bertz CT molecular complexity index is 593. The number of Topliss-reactive ketones (excluding diaryl/α,β-unsaturated/α-hetero) is 1. The molecule has 0 saturated carbocycles. The van der Waals surface area contributed by atoms with Gasteiger partial charge in [-0.05, 0) is 30.7 Å². The van der Waals surface area contributed by atoms with E-state index in [4.69, 9.17) is 14.2 Å². The van der Waals surface area contributed by atoms with Crippen molar-refractivity contribution in [3.05, 3.63) is 59.7 Å². The van der Waals surface area contributed by atoms with Crippen molar-refractivity contribution in [2.45, 2.75) is 13.5 Å². The third-order valence-electron chi connectivity index (χ3n) is 2.98. The molecule has 2 rings (SSSR count). The SMILES string of the molecule is COc1cc(C(C)=O)ccc1OCOCc1ccccc1. The van der Waals surface area contributed by atoms with E-state index in [9.17, 15) is 4.79 Å². The van der Waals surface area contributed by atoms with Gasteiger partial charge in [0.25, 0.3) is 0 Å². The smallest absolute Gasteiger partial charge is 0.189 e. The van der Waals surface area contributed by atoms with Crippen LogP contribution in [0, 0.1) is 0 Å². The molecule has 0 aliphatic carbocycles. The Labute approximate surface area is 124 Å². The number of rotatable bonds is 7. The predicted molar refractivity (Wildman–Crippen MR) is 79.7 cm³/mol. The van der Waals surface area contributed by atoms with Gasteiger partial charge in [-0.25, -0.2) is 0 Å². The minimum atomic E-state index is -0.0137. The van der Waals surface area contributed by atoms with Crippen LogP contribution in [0.1, 0.15) is 22.8 Å². The van der Waals surface area contributed by atoms with Crippen molar-refractivity contribution in [2.24, 2.45) is 0 Å². The van der Waals surface area contributed by atoms with Gasteiger partial charge in [0.2, 0.25) is 0 Å². The molecular weight excluding hydrogens is 268 g/mol. The second-order valence-electron chi connectivity index (χ2n) is 4.52. The Morgan fingerprint density at radius 3 is 2.48 bits per heavy atom. The molecule has 0 aliphatic rings. The third-order valence-corrected chi connectivity index (χ3v) is 2.98. The predicted octanol–water partition coefficient (Wildman–Crippen LogP) is 3.45. The van der Waals surface area contributed by atoms with Crippen molar-refractivity contribution in [3.63, 3.8) is 0 Å². The minimum absolute atomic E-state index is 0.0137. The molecule has 0 unspecified atom stereocenters. The van der Waals surface area contributed by atoms with Crippen LogP contribution in [0.15, 0.2) is 48.5 Å². The minimum Gasteiger partial charge on any atom is -0.493 e. The average Bonchev–Trinajstić information content (AvgIpc) is 2.52. The highest BCUT2D eigenvalue weighted by molar-refractivity contribution is 5.94. The molecule has 0 bridgehead atoms. The molecule has 0 saturated heterocycles. The van der Waals surface area contributed by atoms with Gasteiger partial charge >= 0.3 is 0 Å². The van der Waals surface area contributed by atoms with Gasteiger partial charge in [-0.15, -0.1) is 0 Å². The van der Waals surface area contributed by atoms with Crippen LogP contribution in [0.3, 0.4) is 0 Å². The van der Waals surface area contributed by atoms with Crippen LogP contribution in [0.2, 0.25) is 0 Å². The zero-order chi connectivity index (χ0) is 15.1. The number of benzene rings is 2. The third kappa shape index (κ3) is 4.33. The van der Waals surface area contributed by atoms with Gasteiger partial charge in [-0.2, -0.15) is 0 Å². The molecule has 0 N–H and O–H groups in total. The maximum Gasteiger partial charge on any atom is 0.189 e. The van der Waals surface area contributed by atoms with Gasteiger partial charge in [0.05, 0.1) is 13.7 Å². The number of ether oxygens (including phenoxy) is 3. The molecule has 0 aromatic heterocycles. The summed E-state index contributed by atoms with van der Waals surface area (Å²) in [6, 6.07) is 14.9. The standard InChI is InChI=1S/C17H18O4/c1-13(18)15-8-9-16(17(10-15)19-2)21-12-20-11-14-6-4-3-5-7-14/h3-10H,11-12H2,1-2H3. The molecule has 2 aromatic carbocycles. The summed E-state index contributed by atoms with van der Waals surface area (Å²) in [6.07, 6.45) is 0. The Balaban J connectivity index is 1.89. The Morgan fingerprint density at radius 2 is 1.81 bits per heavy atom. The molecule has 0 atom stereocenters. The van der Waals surface area contributed by atoms with Crippen LogP contribution in [-0.2, 0) is 11.3 Å². The number of carbonyl (C=O) groups is 1. The molecule has 0 amide bonds. The quantitative estimate of drug-likeness (QED) is 0.444. The number of carbonyl (C=O) groups excluding carboxylic acids is 1. The highest BCUT2D eigenvalue weighted by atomic mass is 16.7. The topological polar surface area (TPSA) is 44.8 Å². The van der Waals surface area contributed by atoms with Gasteiger partial charge in [-0.1, -0.05) is 30.3 Å². The molecule has 0 spiro atoms. The average molecular weight is 286 g/mol. The molecule has 4 heteroatoms. The van der Waals surface area contributed by atoms with Crippen molar-refractivity contribution >= 4 is 5.78 Å². The largest absolute Gasteiger partial charge is 0.493 e. The van der Waals surface area contributed by atoms with Crippen molar-refractivity contribution in [1.82, 2.24) is 0 Å². The molecule has 0 aliphatic heterocycles. The summed E-state index contributed by atoms with van der Waals surface area (Å²) in [7, 11) is 1.54. The summed E-state index contributed by atoms with van der Waals surface area (Å²) in [5.41, 5.74) is 1.67. The van der Waals surface area contributed by atoms with Gasteiger partial charge < -0.3 is 14.2 Å². The maximum atomic E-state index is 11.3. The van der Waals surface area contributed by atoms with Crippen LogP contribution in [0.25, 0.3) is 0 Å². The van der Waals surface area contributed by atoms with Crippen molar-refractivity contribution in [2.75, 3.05) is 13.9 Å².